The van der Waals surface area contributed by atoms with Crippen LogP contribution in [0.15, 0.2) is 18.2 Å². The highest BCUT2D eigenvalue weighted by atomic mass is 16.2. The molecule has 0 aliphatic carbocycles. The van der Waals surface area contributed by atoms with Gasteiger partial charge in [0, 0.05) is 25.7 Å². The van der Waals surface area contributed by atoms with Crippen molar-refractivity contribution < 1.29 is 9.59 Å². The van der Waals surface area contributed by atoms with Gasteiger partial charge in [-0.1, -0.05) is 12.1 Å². The molecule has 5 heteroatoms. The Bertz CT molecular complexity index is 527. The van der Waals surface area contributed by atoms with Crippen LogP contribution < -0.4 is 15.5 Å². The fourth-order valence-electron chi connectivity index (χ4n) is 2.55. The molecule has 94 valence electrons. The number of nitrogens with one attached hydrogen (secondary N) is 2. The first-order valence-corrected chi connectivity index (χ1v) is 6.09. The molecule has 18 heavy (non-hydrogen) atoms. The summed E-state index contributed by atoms with van der Waals surface area (Å²) in [5.41, 5.74) is 3.25. The summed E-state index contributed by atoms with van der Waals surface area (Å²) in [4.78, 5) is 24.4. The van der Waals surface area contributed by atoms with Crippen LogP contribution in [0.2, 0.25) is 0 Å². The van der Waals surface area contributed by atoms with E-state index in [1.165, 1.54) is 5.56 Å². The molecule has 5 nitrogen and oxygen atoms in total. The van der Waals surface area contributed by atoms with E-state index in [9.17, 15) is 9.59 Å². The van der Waals surface area contributed by atoms with Crippen LogP contribution in [-0.2, 0) is 11.2 Å². The van der Waals surface area contributed by atoms with E-state index < -0.39 is 0 Å². The predicted molar refractivity (Wildman–Crippen MR) is 67.4 cm³/mol. The van der Waals surface area contributed by atoms with Crippen LogP contribution in [0.4, 0.5) is 10.5 Å². The number of amides is 3. The molecule has 1 saturated heterocycles. The zero-order valence-corrected chi connectivity index (χ0v) is 10.2. The van der Waals surface area contributed by atoms with Gasteiger partial charge in [0.25, 0.3) is 0 Å². The largest absolute Gasteiger partial charge is 0.336 e. The van der Waals surface area contributed by atoms with Gasteiger partial charge in [0.15, 0.2) is 0 Å². The van der Waals surface area contributed by atoms with Crippen LogP contribution in [0.3, 0.4) is 0 Å². The highest BCUT2D eigenvalue weighted by Gasteiger charge is 2.25. The number of hydrogen-bond donors (Lipinski definition) is 2. The Morgan fingerprint density at radius 2 is 2.11 bits per heavy atom. The topological polar surface area (TPSA) is 61.4 Å². The van der Waals surface area contributed by atoms with Crippen molar-refractivity contribution in [2.24, 2.45) is 0 Å². The first kappa shape index (κ1) is 11.1. The highest BCUT2D eigenvalue weighted by Crippen LogP contribution is 2.29. The zero-order chi connectivity index (χ0) is 12.7. The number of aryl methyl sites for hydroxylation is 1. The second-order valence-corrected chi connectivity index (χ2v) is 4.75. The van der Waals surface area contributed by atoms with Crippen molar-refractivity contribution in [3.8, 4) is 0 Å². The maximum absolute atomic E-state index is 11.6. The van der Waals surface area contributed by atoms with E-state index in [-0.39, 0.29) is 18.0 Å². The fraction of sp³-hybridized carbons (Fsp3) is 0.385. The molecule has 0 bridgehead atoms. The summed E-state index contributed by atoms with van der Waals surface area (Å²) >= 11 is 0. The van der Waals surface area contributed by atoms with Gasteiger partial charge < -0.3 is 15.5 Å². The Morgan fingerprint density at radius 3 is 2.83 bits per heavy atom. The van der Waals surface area contributed by atoms with Gasteiger partial charge in [-0.05, 0) is 23.6 Å². The van der Waals surface area contributed by atoms with Gasteiger partial charge in [0.1, 0.15) is 0 Å². The third-order valence-electron chi connectivity index (χ3n) is 3.62. The molecule has 2 aliphatic heterocycles. The van der Waals surface area contributed by atoms with Crippen LogP contribution in [0, 0.1) is 0 Å². The summed E-state index contributed by atoms with van der Waals surface area (Å²) in [5.74, 6) is 0.158. The second-order valence-electron chi connectivity index (χ2n) is 4.75. The number of benzene rings is 1. The molecule has 1 atom stereocenters. The Hall–Kier alpha value is -2.04. The lowest BCUT2D eigenvalue weighted by atomic mass is 9.96. The molecule has 1 aromatic carbocycles. The first-order valence-electron chi connectivity index (χ1n) is 6.09. The molecule has 0 saturated carbocycles. The van der Waals surface area contributed by atoms with Crippen LogP contribution in [0.5, 0.6) is 0 Å². The molecule has 0 spiro atoms. The normalized spacial score (nSPS) is 22.5. The zero-order valence-electron chi connectivity index (χ0n) is 10.2. The molecule has 3 rings (SSSR count). The molecular weight excluding hydrogens is 230 g/mol. The summed E-state index contributed by atoms with van der Waals surface area (Å²) in [6, 6.07) is 5.95. The lowest BCUT2D eigenvalue weighted by molar-refractivity contribution is -0.118. The minimum absolute atomic E-state index is 0.0331. The molecule has 2 heterocycles. The van der Waals surface area contributed by atoms with Gasteiger partial charge >= 0.3 is 6.03 Å². The molecule has 1 unspecified atom stereocenters. The van der Waals surface area contributed by atoms with Gasteiger partial charge in [-0.15, -0.1) is 0 Å². The standard InChI is InChI=1S/C13H15N3O2/c1-16-11-4-2-8(10-7-14-13(18)15-10)6-9(11)3-5-12(16)17/h2,4,6,10H,3,5,7H2,1H3,(H2,14,15,18). The third-order valence-corrected chi connectivity index (χ3v) is 3.62. The molecule has 1 fully saturated rings. The van der Waals surface area contributed by atoms with Crippen molar-refractivity contribution in [3.05, 3.63) is 29.3 Å². The quantitative estimate of drug-likeness (QED) is 0.773. The molecule has 0 aromatic heterocycles. The average molecular weight is 245 g/mol. The van der Waals surface area contributed by atoms with Crippen LogP contribution in [-0.4, -0.2) is 25.5 Å². The number of hydrogen-bond acceptors (Lipinski definition) is 2. The van der Waals surface area contributed by atoms with E-state index in [2.05, 4.69) is 16.7 Å². The van der Waals surface area contributed by atoms with E-state index >= 15 is 0 Å². The number of nitrogens with zero attached hydrogens (tertiary/aromatic N) is 1. The van der Waals surface area contributed by atoms with Gasteiger partial charge in [-0.2, -0.15) is 0 Å². The highest BCUT2D eigenvalue weighted by molar-refractivity contribution is 5.95. The number of carbonyl (C=O) groups is 2. The van der Waals surface area contributed by atoms with E-state index in [4.69, 9.17) is 0 Å². The monoisotopic (exact) mass is 245 g/mol. The van der Waals surface area contributed by atoms with E-state index in [0.29, 0.717) is 13.0 Å². The van der Waals surface area contributed by atoms with Crippen LogP contribution in [0.25, 0.3) is 0 Å². The van der Waals surface area contributed by atoms with Crippen molar-refractivity contribution in [1.29, 1.82) is 0 Å². The maximum Gasteiger partial charge on any atom is 0.315 e. The van der Waals surface area contributed by atoms with E-state index in [0.717, 1.165) is 17.7 Å². The van der Waals surface area contributed by atoms with Crippen LogP contribution in [0.1, 0.15) is 23.6 Å². The summed E-state index contributed by atoms with van der Waals surface area (Å²) in [5, 5.41) is 5.62. The second kappa shape index (κ2) is 4.01. The SMILES string of the molecule is CN1C(=O)CCc2cc(C3CNC(=O)N3)ccc21. The van der Waals surface area contributed by atoms with E-state index in [1.807, 2.05) is 12.1 Å². The Kier molecular flexibility index (Phi) is 2.47. The minimum Gasteiger partial charge on any atom is -0.336 e. The Labute approximate surface area is 105 Å². The summed E-state index contributed by atoms with van der Waals surface area (Å²) in [7, 11) is 1.80. The molecule has 2 aliphatic rings. The predicted octanol–water partition coefficient (Wildman–Crippen LogP) is 0.949. The molecular formula is C13H15N3O2. The minimum atomic E-state index is -0.120. The van der Waals surface area contributed by atoms with Crippen molar-refractivity contribution in [2.75, 3.05) is 18.5 Å². The number of carbonyl (C=O) groups excluding carboxylic acids is 2. The molecule has 1 aromatic rings. The third kappa shape index (κ3) is 1.72. The first-order chi connectivity index (χ1) is 8.65. The molecule has 0 radical (unpaired) electrons. The Balaban J connectivity index is 1.92. The number of urea groups is 1. The number of rotatable bonds is 1. The summed E-state index contributed by atoms with van der Waals surface area (Å²) < 4.78 is 0. The average Bonchev–Trinajstić information content (AvgIpc) is 2.80. The van der Waals surface area contributed by atoms with Crippen molar-refractivity contribution in [2.45, 2.75) is 18.9 Å². The van der Waals surface area contributed by atoms with Gasteiger partial charge in [0.05, 0.1) is 6.04 Å². The lowest BCUT2D eigenvalue weighted by Gasteiger charge is -2.26. The van der Waals surface area contributed by atoms with Crippen LogP contribution >= 0.6 is 0 Å². The number of anilines is 1. The van der Waals surface area contributed by atoms with Crippen molar-refractivity contribution in [1.82, 2.24) is 10.6 Å². The van der Waals surface area contributed by atoms with Gasteiger partial charge in [-0.25, -0.2) is 4.79 Å². The summed E-state index contributed by atoms with van der Waals surface area (Å²) in [6.45, 7) is 0.617. The van der Waals surface area contributed by atoms with E-state index in [1.54, 1.807) is 11.9 Å². The fourth-order valence-corrected chi connectivity index (χ4v) is 2.55. The molecule has 3 amide bonds. The summed E-state index contributed by atoms with van der Waals surface area (Å²) in [6.07, 6.45) is 1.34. The van der Waals surface area contributed by atoms with Crippen molar-refractivity contribution in [3.63, 3.8) is 0 Å². The number of fused-ring (bicyclic) bond motifs is 1. The van der Waals surface area contributed by atoms with Gasteiger partial charge in [0.2, 0.25) is 5.91 Å². The molecule has 2 N–H and O–H groups in total. The van der Waals surface area contributed by atoms with Gasteiger partial charge in [-0.3, -0.25) is 4.79 Å². The van der Waals surface area contributed by atoms with Crippen molar-refractivity contribution >= 4 is 17.6 Å². The Morgan fingerprint density at radius 1 is 1.28 bits per heavy atom. The smallest absolute Gasteiger partial charge is 0.315 e. The maximum atomic E-state index is 11.6. The lowest BCUT2D eigenvalue weighted by Crippen LogP contribution is -2.31.